The van der Waals surface area contributed by atoms with Crippen LogP contribution in [0.2, 0.25) is 5.02 Å². The number of nitrogens with zero attached hydrogens (tertiary/aromatic N) is 1. The highest BCUT2D eigenvalue weighted by Crippen LogP contribution is 2.30. The molecule has 1 aliphatic heterocycles. The smallest absolute Gasteiger partial charge is 0.256 e. The summed E-state index contributed by atoms with van der Waals surface area (Å²) in [5.41, 5.74) is 1.34. The van der Waals surface area contributed by atoms with E-state index in [0.29, 0.717) is 22.0 Å². The number of nitrogens with one attached hydrogen (secondary N) is 1. The van der Waals surface area contributed by atoms with Crippen LogP contribution in [0.3, 0.4) is 0 Å². The number of carbonyl (C=O) groups excluding carboxylic acids is 2. The SMILES string of the molecule is Cc1ccc(N[C@H]2CC(=O)N(c3ccccc3Cl)C2=O)cc1F. The lowest BCUT2D eigenvalue weighted by molar-refractivity contribution is -0.121. The van der Waals surface area contributed by atoms with Crippen molar-refractivity contribution < 1.29 is 14.0 Å². The number of hydrogen-bond donors (Lipinski definition) is 1. The molecule has 4 nitrogen and oxygen atoms in total. The lowest BCUT2D eigenvalue weighted by atomic mass is 10.2. The first-order chi connectivity index (χ1) is 11.0. The van der Waals surface area contributed by atoms with Gasteiger partial charge in [0.05, 0.1) is 17.1 Å². The summed E-state index contributed by atoms with van der Waals surface area (Å²) in [5, 5.41) is 3.24. The van der Waals surface area contributed by atoms with E-state index in [2.05, 4.69) is 5.32 Å². The maximum absolute atomic E-state index is 13.6. The topological polar surface area (TPSA) is 49.4 Å². The number of amides is 2. The van der Waals surface area contributed by atoms with Gasteiger partial charge >= 0.3 is 0 Å². The molecule has 0 aliphatic carbocycles. The van der Waals surface area contributed by atoms with Crippen LogP contribution in [-0.4, -0.2) is 17.9 Å². The van der Waals surface area contributed by atoms with Crippen molar-refractivity contribution in [3.05, 3.63) is 58.9 Å². The third-order valence-electron chi connectivity index (χ3n) is 3.75. The Hall–Kier alpha value is -2.40. The van der Waals surface area contributed by atoms with E-state index in [4.69, 9.17) is 11.6 Å². The fourth-order valence-electron chi connectivity index (χ4n) is 2.51. The van der Waals surface area contributed by atoms with E-state index in [1.54, 1.807) is 43.3 Å². The molecule has 0 aromatic heterocycles. The number of anilines is 2. The van der Waals surface area contributed by atoms with Crippen LogP contribution in [0.25, 0.3) is 0 Å². The highest BCUT2D eigenvalue weighted by molar-refractivity contribution is 6.36. The van der Waals surface area contributed by atoms with Crippen molar-refractivity contribution in [2.45, 2.75) is 19.4 Å². The molecule has 2 aromatic rings. The molecular formula is C17H14ClFN2O2. The minimum Gasteiger partial charge on any atom is -0.373 e. The maximum Gasteiger partial charge on any atom is 0.256 e. The number of imide groups is 1. The van der Waals surface area contributed by atoms with Crippen molar-refractivity contribution in [2.24, 2.45) is 0 Å². The minimum absolute atomic E-state index is 0.000444. The molecule has 1 heterocycles. The number of hydrogen-bond acceptors (Lipinski definition) is 3. The predicted octanol–water partition coefficient (Wildman–Crippen LogP) is 3.53. The molecule has 6 heteroatoms. The van der Waals surface area contributed by atoms with Gasteiger partial charge in [-0.25, -0.2) is 9.29 Å². The second kappa shape index (κ2) is 6.01. The molecule has 1 fully saturated rings. The molecule has 1 saturated heterocycles. The number of halogens is 2. The van der Waals surface area contributed by atoms with Gasteiger partial charge in [-0.05, 0) is 36.8 Å². The largest absolute Gasteiger partial charge is 0.373 e. The molecule has 3 rings (SSSR count). The number of carbonyl (C=O) groups is 2. The molecular weight excluding hydrogens is 319 g/mol. The summed E-state index contributed by atoms with van der Waals surface area (Å²) >= 11 is 6.06. The highest BCUT2D eigenvalue weighted by Gasteiger charge is 2.40. The van der Waals surface area contributed by atoms with Crippen molar-refractivity contribution in [3.8, 4) is 0 Å². The number of rotatable bonds is 3. The molecule has 1 aliphatic rings. The molecule has 118 valence electrons. The Kier molecular flexibility index (Phi) is 4.05. The van der Waals surface area contributed by atoms with Gasteiger partial charge in [0.2, 0.25) is 5.91 Å². The van der Waals surface area contributed by atoms with E-state index < -0.39 is 11.9 Å². The molecule has 0 saturated carbocycles. The van der Waals surface area contributed by atoms with Crippen molar-refractivity contribution in [1.82, 2.24) is 0 Å². The molecule has 0 unspecified atom stereocenters. The number of benzene rings is 2. The molecule has 23 heavy (non-hydrogen) atoms. The van der Waals surface area contributed by atoms with Gasteiger partial charge in [-0.3, -0.25) is 9.59 Å². The summed E-state index contributed by atoms with van der Waals surface area (Å²) in [4.78, 5) is 25.8. The Labute approximate surface area is 137 Å². The average Bonchev–Trinajstić information content (AvgIpc) is 2.78. The van der Waals surface area contributed by atoms with Crippen LogP contribution in [0.5, 0.6) is 0 Å². The first-order valence-electron chi connectivity index (χ1n) is 7.11. The molecule has 1 N–H and O–H groups in total. The Morgan fingerprint density at radius 3 is 2.65 bits per heavy atom. The van der Waals surface area contributed by atoms with E-state index in [-0.39, 0.29) is 18.1 Å². The lowest BCUT2D eigenvalue weighted by Gasteiger charge is -2.17. The zero-order valence-electron chi connectivity index (χ0n) is 12.3. The van der Waals surface area contributed by atoms with Crippen LogP contribution in [0.1, 0.15) is 12.0 Å². The molecule has 2 aromatic carbocycles. The van der Waals surface area contributed by atoms with Gasteiger partial charge in [0.1, 0.15) is 11.9 Å². The summed E-state index contributed by atoms with van der Waals surface area (Å²) in [6.07, 6.45) is -0.000444. The molecule has 0 spiro atoms. The molecule has 1 atom stereocenters. The van der Waals surface area contributed by atoms with Crippen molar-refractivity contribution in [3.63, 3.8) is 0 Å². The minimum atomic E-state index is -0.735. The Morgan fingerprint density at radius 1 is 1.22 bits per heavy atom. The van der Waals surface area contributed by atoms with Crippen LogP contribution in [0.4, 0.5) is 15.8 Å². The summed E-state index contributed by atoms with van der Waals surface area (Å²) in [6, 6.07) is 10.5. The van der Waals surface area contributed by atoms with E-state index in [9.17, 15) is 14.0 Å². The Bertz CT molecular complexity index is 794. The third kappa shape index (κ3) is 2.92. The van der Waals surface area contributed by atoms with Gasteiger partial charge in [0.15, 0.2) is 0 Å². The summed E-state index contributed by atoms with van der Waals surface area (Å²) < 4.78 is 13.6. The quantitative estimate of drug-likeness (QED) is 0.875. The zero-order chi connectivity index (χ0) is 16.6. The van der Waals surface area contributed by atoms with Gasteiger partial charge in [0.25, 0.3) is 5.91 Å². The summed E-state index contributed by atoms with van der Waals surface area (Å²) in [7, 11) is 0. The fraction of sp³-hybridized carbons (Fsp3) is 0.176. The normalized spacial score (nSPS) is 17.7. The Balaban J connectivity index is 1.84. The van der Waals surface area contributed by atoms with E-state index >= 15 is 0 Å². The summed E-state index contributed by atoms with van der Waals surface area (Å²) in [5.74, 6) is -1.10. The average molecular weight is 333 g/mol. The number of para-hydroxylation sites is 1. The van der Waals surface area contributed by atoms with E-state index in [1.807, 2.05) is 0 Å². The van der Waals surface area contributed by atoms with Gasteiger partial charge in [-0.1, -0.05) is 29.8 Å². The molecule has 0 bridgehead atoms. The first-order valence-corrected chi connectivity index (χ1v) is 7.49. The second-order valence-corrected chi connectivity index (χ2v) is 5.79. The van der Waals surface area contributed by atoms with Gasteiger partial charge in [0, 0.05) is 5.69 Å². The molecule has 2 amide bonds. The van der Waals surface area contributed by atoms with Crippen LogP contribution in [0, 0.1) is 12.7 Å². The van der Waals surface area contributed by atoms with Gasteiger partial charge in [-0.15, -0.1) is 0 Å². The number of aryl methyl sites for hydroxylation is 1. The zero-order valence-corrected chi connectivity index (χ0v) is 13.1. The van der Waals surface area contributed by atoms with Crippen molar-refractivity contribution >= 4 is 34.8 Å². The highest BCUT2D eigenvalue weighted by atomic mass is 35.5. The van der Waals surface area contributed by atoms with Crippen molar-refractivity contribution in [1.29, 1.82) is 0 Å². The van der Waals surface area contributed by atoms with Crippen molar-refractivity contribution in [2.75, 3.05) is 10.2 Å². The Morgan fingerprint density at radius 2 is 1.96 bits per heavy atom. The molecule has 0 radical (unpaired) electrons. The monoisotopic (exact) mass is 332 g/mol. The van der Waals surface area contributed by atoms with Gasteiger partial charge < -0.3 is 5.32 Å². The van der Waals surface area contributed by atoms with E-state index in [1.165, 1.54) is 6.07 Å². The predicted molar refractivity (Wildman–Crippen MR) is 87.1 cm³/mol. The maximum atomic E-state index is 13.6. The summed E-state index contributed by atoms with van der Waals surface area (Å²) in [6.45, 7) is 1.66. The van der Waals surface area contributed by atoms with Crippen LogP contribution in [-0.2, 0) is 9.59 Å². The second-order valence-electron chi connectivity index (χ2n) is 5.38. The standard InChI is InChI=1S/C17H14ClFN2O2/c1-10-6-7-11(8-13(10)19)20-14-9-16(22)21(17(14)23)15-5-3-2-4-12(15)18/h2-8,14,20H,9H2,1H3/t14-/m0/s1. The first kappa shape index (κ1) is 15.5. The van der Waals surface area contributed by atoms with Crippen LogP contribution in [0.15, 0.2) is 42.5 Å². The third-order valence-corrected chi connectivity index (χ3v) is 4.07. The lowest BCUT2D eigenvalue weighted by Crippen LogP contribution is -2.35. The van der Waals surface area contributed by atoms with Crippen LogP contribution >= 0.6 is 11.6 Å². The fourth-order valence-corrected chi connectivity index (χ4v) is 2.73. The van der Waals surface area contributed by atoms with Crippen LogP contribution < -0.4 is 10.2 Å². The van der Waals surface area contributed by atoms with Gasteiger partial charge in [-0.2, -0.15) is 0 Å². The van der Waals surface area contributed by atoms with E-state index in [0.717, 1.165) is 4.90 Å².